The van der Waals surface area contributed by atoms with Gasteiger partial charge in [0.2, 0.25) is 5.13 Å². The first-order chi connectivity index (χ1) is 9.15. The summed E-state index contributed by atoms with van der Waals surface area (Å²) < 4.78 is 0. The first-order valence-corrected chi connectivity index (χ1v) is 8.04. The predicted octanol–water partition coefficient (Wildman–Crippen LogP) is 4.06. The molecule has 2 rings (SSSR count). The largest absolute Gasteiger partial charge is 0.296 e. The monoisotopic (exact) mass is 295 g/mol. The van der Waals surface area contributed by atoms with E-state index in [9.17, 15) is 4.79 Å². The van der Waals surface area contributed by atoms with E-state index in [1.807, 2.05) is 18.4 Å². The highest BCUT2D eigenvalue weighted by Gasteiger charge is 2.16. The Hall–Kier alpha value is -1.27. The summed E-state index contributed by atoms with van der Waals surface area (Å²) in [7, 11) is 0. The van der Waals surface area contributed by atoms with Crippen molar-refractivity contribution in [2.45, 2.75) is 39.5 Å². The molecule has 1 amide bonds. The predicted molar refractivity (Wildman–Crippen MR) is 80.2 cm³/mol. The Kier molecular flexibility index (Phi) is 4.66. The summed E-state index contributed by atoms with van der Waals surface area (Å²) in [6, 6.07) is 1.94. The second-order valence-electron chi connectivity index (χ2n) is 4.35. The third kappa shape index (κ3) is 3.19. The fourth-order valence-corrected chi connectivity index (χ4v) is 3.67. The van der Waals surface area contributed by atoms with E-state index in [-0.39, 0.29) is 5.91 Å². The van der Waals surface area contributed by atoms with E-state index in [2.05, 4.69) is 29.4 Å². The fourth-order valence-electron chi connectivity index (χ4n) is 1.85. The molecule has 0 aliphatic rings. The fraction of sp³-hybridized carbons (Fsp3) is 0.462. The van der Waals surface area contributed by atoms with Crippen molar-refractivity contribution < 1.29 is 4.79 Å². The molecule has 6 heteroatoms. The van der Waals surface area contributed by atoms with E-state index >= 15 is 0 Å². The molecule has 19 heavy (non-hydrogen) atoms. The summed E-state index contributed by atoms with van der Waals surface area (Å²) in [5.74, 6) is 0.339. The smallest absolute Gasteiger partial charge is 0.267 e. The second kappa shape index (κ2) is 6.25. The van der Waals surface area contributed by atoms with E-state index < -0.39 is 0 Å². The molecule has 4 nitrogen and oxygen atoms in total. The zero-order valence-electron chi connectivity index (χ0n) is 11.3. The minimum Gasteiger partial charge on any atom is -0.296 e. The first kappa shape index (κ1) is 14.1. The molecule has 0 saturated heterocycles. The van der Waals surface area contributed by atoms with Gasteiger partial charge in [0.15, 0.2) is 0 Å². The number of carbonyl (C=O) groups excluding carboxylic acids is 1. The summed E-state index contributed by atoms with van der Waals surface area (Å²) in [6.45, 7) is 6.22. The molecule has 0 bridgehead atoms. The topological polar surface area (TPSA) is 54.9 Å². The molecule has 0 aromatic carbocycles. The maximum atomic E-state index is 12.1. The van der Waals surface area contributed by atoms with Crippen LogP contribution in [-0.4, -0.2) is 16.1 Å². The molecule has 2 heterocycles. The van der Waals surface area contributed by atoms with Crippen molar-refractivity contribution in [2.75, 3.05) is 5.32 Å². The number of rotatable bonds is 5. The summed E-state index contributed by atoms with van der Waals surface area (Å²) in [4.78, 5) is 12.8. The number of hydrogen-bond acceptors (Lipinski definition) is 5. The SMILES string of the molecule is CCC(CC)c1nnc(NC(=O)c2sccc2C)s1. The maximum Gasteiger partial charge on any atom is 0.267 e. The number of aromatic nitrogens is 2. The molecule has 102 valence electrons. The second-order valence-corrected chi connectivity index (χ2v) is 6.27. The van der Waals surface area contributed by atoms with Crippen LogP contribution in [0.5, 0.6) is 0 Å². The molecule has 2 aromatic rings. The molecular weight excluding hydrogens is 278 g/mol. The molecule has 1 N–H and O–H groups in total. The Balaban J connectivity index is 2.08. The number of hydrogen-bond donors (Lipinski definition) is 1. The first-order valence-electron chi connectivity index (χ1n) is 6.34. The molecule has 0 aliphatic carbocycles. The minimum absolute atomic E-state index is 0.0975. The Morgan fingerprint density at radius 1 is 1.37 bits per heavy atom. The highest BCUT2D eigenvalue weighted by atomic mass is 32.1. The molecule has 0 saturated carbocycles. The van der Waals surface area contributed by atoms with Gasteiger partial charge in [0.25, 0.3) is 5.91 Å². The zero-order valence-corrected chi connectivity index (χ0v) is 12.9. The van der Waals surface area contributed by atoms with Gasteiger partial charge in [-0.15, -0.1) is 21.5 Å². The standard InChI is InChI=1S/C13H17N3OS2/c1-4-9(5-2)12-15-16-13(19-12)14-11(17)10-8(3)6-7-18-10/h6-7,9H,4-5H2,1-3H3,(H,14,16,17). The van der Waals surface area contributed by atoms with Gasteiger partial charge in [-0.3, -0.25) is 10.1 Å². The van der Waals surface area contributed by atoms with E-state index in [4.69, 9.17) is 0 Å². The number of nitrogens with zero attached hydrogens (tertiary/aromatic N) is 2. The molecule has 0 spiro atoms. The summed E-state index contributed by atoms with van der Waals surface area (Å²) in [6.07, 6.45) is 2.09. The quantitative estimate of drug-likeness (QED) is 0.905. The highest BCUT2D eigenvalue weighted by molar-refractivity contribution is 7.15. The van der Waals surface area contributed by atoms with Gasteiger partial charge in [0.1, 0.15) is 5.01 Å². The van der Waals surface area contributed by atoms with Gasteiger partial charge in [0, 0.05) is 5.92 Å². The Labute approximate surface area is 120 Å². The van der Waals surface area contributed by atoms with Crippen molar-refractivity contribution in [3.8, 4) is 0 Å². The molecule has 2 aromatic heterocycles. The lowest BCUT2D eigenvalue weighted by atomic mass is 10.1. The van der Waals surface area contributed by atoms with Crippen LogP contribution in [0.2, 0.25) is 0 Å². The van der Waals surface area contributed by atoms with Gasteiger partial charge in [-0.25, -0.2) is 0 Å². The number of nitrogens with one attached hydrogen (secondary N) is 1. The molecule has 0 aliphatic heterocycles. The van der Waals surface area contributed by atoms with Gasteiger partial charge >= 0.3 is 0 Å². The third-order valence-electron chi connectivity index (χ3n) is 3.06. The van der Waals surface area contributed by atoms with Crippen LogP contribution in [-0.2, 0) is 0 Å². The van der Waals surface area contributed by atoms with E-state index in [1.165, 1.54) is 22.7 Å². The van der Waals surface area contributed by atoms with E-state index in [0.717, 1.165) is 28.3 Å². The summed E-state index contributed by atoms with van der Waals surface area (Å²) in [5.41, 5.74) is 0.993. The van der Waals surface area contributed by atoms with Crippen LogP contribution in [0.4, 0.5) is 5.13 Å². The van der Waals surface area contributed by atoms with Crippen LogP contribution in [0, 0.1) is 6.92 Å². The molecule has 0 unspecified atom stereocenters. The van der Waals surface area contributed by atoms with Crippen molar-refractivity contribution in [1.29, 1.82) is 0 Å². The van der Waals surface area contributed by atoms with Crippen molar-refractivity contribution >= 4 is 33.7 Å². The van der Waals surface area contributed by atoms with Crippen LogP contribution in [0.25, 0.3) is 0 Å². The highest BCUT2D eigenvalue weighted by Crippen LogP contribution is 2.28. The number of aryl methyl sites for hydroxylation is 1. The van der Waals surface area contributed by atoms with Crippen LogP contribution in [0.1, 0.15) is 52.8 Å². The zero-order chi connectivity index (χ0) is 13.8. The van der Waals surface area contributed by atoms with Crippen LogP contribution < -0.4 is 5.32 Å². The van der Waals surface area contributed by atoms with E-state index in [1.54, 1.807) is 0 Å². The number of anilines is 1. The summed E-state index contributed by atoms with van der Waals surface area (Å²) >= 11 is 2.92. The van der Waals surface area contributed by atoms with Crippen molar-refractivity contribution in [2.24, 2.45) is 0 Å². The summed E-state index contributed by atoms with van der Waals surface area (Å²) in [5, 5.41) is 14.6. The Bertz CT molecular complexity index is 558. The van der Waals surface area contributed by atoms with E-state index in [0.29, 0.717) is 11.0 Å². The average molecular weight is 295 g/mol. The Morgan fingerprint density at radius 3 is 2.68 bits per heavy atom. The van der Waals surface area contributed by atoms with Gasteiger partial charge in [-0.1, -0.05) is 25.2 Å². The third-order valence-corrected chi connectivity index (χ3v) is 5.08. The van der Waals surface area contributed by atoms with Gasteiger partial charge in [0.05, 0.1) is 4.88 Å². The van der Waals surface area contributed by atoms with Crippen molar-refractivity contribution in [3.63, 3.8) is 0 Å². The molecular formula is C13H17N3OS2. The lowest BCUT2D eigenvalue weighted by molar-refractivity contribution is 0.103. The van der Waals surface area contributed by atoms with Crippen molar-refractivity contribution in [3.05, 3.63) is 26.9 Å². The average Bonchev–Trinajstić information content (AvgIpc) is 3.00. The van der Waals surface area contributed by atoms with Crippen LogP contribution in [0.15, 0.2) is 11.4 Å². The molecule has 0 fully saturated rings. The lowest BCUT2D eigenvalue weighted by Gasteiger charge is -2.05. The number of amides is 1. The van der Waals surface area contributed by atoms with Gasteiger partial charge in [-0.05, 0) is 36.8 Å². The van der Waals surface area contributed by atoms with Gasteiger partial charge < -0.3 is 0 Å². The lowest BCUT2D eigenvalue weighted by Crippen LogP contribution is -2.10. The van der Waals surface area contributed by atoms with Gasteiger partial charge in [-0.2, -0.15) is 0 Å². The van der Waals surface area contributed by atoms with Crippen LogP contribution in [0.3, 0.4) is 0 Å². The Morgan fingerprint density at radius 2 is 2.11 bits per heavy atom. The minimum atomic E-state index is -0.0975. The van der Waals surface area contributed by atoms with Crippen LogP contribution >= 0.6 is 22.7 Å². The number of thiophene rings is 1. The van der Waals surface area contributed by atoms with Crippen molar-refractivity contribution in [1.82, 2.24) is 10.2 Å². The molecule has 0 radical (unpaired) electrons. The number of carbonyl (C=O) groups is 1. The maximum absolute atomic E-state index is 12.1. The molecule has 0 atom stereocenters. The normalized spacial score (nSPS) is 10.9.